The van der Waals surface area contributed by atoms with E-state index in [0.29, 0.717) is 19.5 Å². The van der Waals surface area contributed by atoms with E-state index in [2.05, 4.69) is 5.10 Å². The summed E-state index contributed by atoms with van der Waals surface area (Å²) in [5.41, 5.74) is 3.92. The molecule has 0 fully saturated rings. The van der Waals surface area contributed by atoms with Gasteiger partial charge in [-0.3, -0.25) is 4.79 Å². The van der Waals surface area contributed by atoms with E-state index in [0.717, 1.165) is 31.9 Å². The lowest BCUT2D eigenvalue weighted by Gasteiger charge is -2.20. The van der Waals surface area contributed by atoms with E-state index in [4.69, 9.17) is 11.6 Å². The molecule has 2 aromatic heterocycles. The third-order valence-electron chi connectivity index (χ3n) is 4.48. The molecule has 1 amide bonds. The summed E-state index contributed by atoms with van der Waals surface area (Å²) in [6, 6.07) is 13.8. The van der Waals surface area contributed by atoms with Crippen molar-refractivity contribution in [3.8, 4) is 5.69 Å². The summed E-state index contributed by atoms with van der Waals surface area (Å²) >= 11 is 7.52. The second kappa shape index (κ2) is 8.06. The van der Waals surface area contributed by atoms with Gasteiger partial charge >= 0.3 is 0 Å². The van der Waals surface area contributed by atoms with E-state index in [9.17, 15) is 4.79 Å². The second-order valence-electron chi connectivity index (χ2n) is 6.19. The van der Waals surface area contributed by atoms with Gasteiger partial charge in [0.2, 0.25) is 5.91 Å². The highest BCUT2D eigenvalue weighted by Crippen LogP contribution is 2.24. The van der Waals surface area contributed by atoms with Crippen molar-refractivity contribution >= 4 is 28.8 Å². The van der Waals surface area contributed by atoms with E-state index in [1.165, 1.54) is 11.3 Å². The van der Waals surface area contributed by atoms with Crippen LogP contribution in [0.15, 0.2) is 42.5 Å². The highest BCUT2D eigenvalue weighted by Gasteiger charge is 2.19. The van der Waals surface area contributed by atoms with E-state index < -0.39 is 0 Å². The van der Waals surface area contributed by atoms with Crippen LogP contribution in [0, 0.1) is 13.8 Å². The number of para-hydroxylation sites is 1. The first-order valence-corrected chi connectivity index (χ1v) is 9.81. The molecular formula is C20H22ClN3OS. The summed E-state index contributed by atoms with van der Waals surface area (Å²) in [5, 5.41) is 4.64. The number of hydrogen-bond donors (Lipinski definition) is 0. The molecule has 3 aromatic rings. The number of halogens is 1. The van der Waals surface area contributed by atoms with Crippen molar-refractivity contribution in [3.63, 3.8) is 0 Å². The van der Waals surface area contributed by atoms with Crippen molar-refractivity contribution in [2.45, 2.75) is 33.7 Å². The maximum Gasteiger partial charge on any atom is 0.227 e. The third kappa shape index (κ3) is 4.00. The Morgan fingerprint density at radius 2 is 1.92 bits per heavy atom. The van der Waals surface area contributed by atoms with Crippen LogP contribution in [0.4, 0.5) is 0 Å². The first-order valence-electron chi connectivity index (χ1n) is 8.62. The normalized spacial score (nSPS) is 10.9. The predicted octanol–water partition coefficient (Wildman–Crippen LogP) is 4.80. The summed E-state index contributed by atoms with van der Waals surface area (Å²) in [6.45, 7) is 7.24. The van der Waals surface area contributed by atoms with Crippen molar-refractivity contribution in [1.82, 2.24) is 14.7 Å². The topological polar surface area (TPSA) is 38.1 Å². The Labute approximate surface area is 163 Å². The first kappa shape index (κ1) is 18.7. The van der Waals surface area contributed by atoms with Gasteiger partial charge in [-0.05, 0) is 45.0 Å². The number of thiophene rings is 1. The Balaban J connectivity index is 1.79. The molecule has 0 N–H and O–H groups in total. The van der Waals surface area contributed by atoms with Gasteiger partial charge in [-0.2, -0.15) is 5.10 Å². The van der Waals surface area contributed by atoms with Gasteiger partial charge < -0.3 is 4.90 Å². The molecule has 0 saturated carbocycles. The van der Waals surface area contributed by atoms with Gasteiger partial charge in [0.05, 0.1) is 28.7 Å². The highest BCUT2D eigenvalue weighted by molar-refractivity contribution is 7.16. The number of aryl methyl sites for hydroxylation is 1. The molecule has 0 unspecified atom stereocenters. The first-order chi connectivity index (χ1) is 12.5. The standard InChI is InChI=1S/C20H22ClN3OS/c1-4-23(13-17-10-11-19(21)26-17)20(25)12-18-14(2)22-24(15(18)3)16-8-6-5-7-9-16/h5-11H,4,12-13H2,1-3H3. The Hall–Kier alpha value is -2.11. The fraction of sp³-hybridized carbons (Fsp3) is 0.300. The van der Waals surface area contributed by atoms with Crippen LogP contribution in [-0.2, 0) is 17.8 Å². The number of nitrogens with zero attached hydrogens (tertiary/aromatic N) is 3. The number of carbonyl (C=O) groups excluding carboxylic acids is 1. The van der Waals surface area contributed by atoms with Gasteiger partial charge in [0.15, 0.2) is 0 Å². The maximum absolute atomic E-state index is 12.9. The Morgan fingerprint density at radius 3 is 2.54 bits per heavy atom. The largest absolute Gasteiger partial charge is 0.338 e. The van der Waals surface area contributed by atoms with E-state index in [1.807, 2.05) is 72.8 Å². The minimum atomic E-state index is 0.107. The molecule has 0 radical (unpaired) electrons. The third-order valence-corrected chi connectivity index (χ3v) is 5.70. The summed E-state index contributed by atoms with van der Waals surface area (Å²) < 4.78 is 2.66. The molecule has 6 heteroatoms. The predicted molar refractivity (Wildman–Crippen MR) is 107 cm³/mol. The molecular weight excluding hydrogens is 366 g/mol. The highest BCUT2D eigenvalue weighted by atomic mass is 35.5. The number of carbonyl (C=O) groups is 1. The summed E-state index contributed by atoms with van der Waals surface area (Å²) in [6.07, 6.45) is 0.359. The van der Waals surface area contributed by atoms with Crippen molar-refractivity contribution in [1.29, 1.82) is 0 Å². The van der Waals surface area contributed by atoms with Gasteiger partial charge in [0, 0.05) is 22.7 Å². The smallest absolute Gasteiger partial charge is 0.227 e. The summed E-state index contributed by atoms with van der Waals surface area (Å²) in [5.74, 6) is 0.107. The Morgan fingerprint density at radius 1 is 1.19 bits per heavy atom. The average Bonchev–Trinajstić information content (AvgIpc) is 3.18. The fourth-order valence-electron chi connectivity index (χ4n) is 3.02. The van der Waals surface area contributed by atoms with Crippen LogP contribution in [0.5, 0.6) is 0 Å². The lowest BCUT2D eigenvalue weighted by molar-refractivity contribution is -0.130. The zero-order valence-electron chi connectivity index (χ0n) is 15.2. The van der Waals surface area contributed by atoms with Crippen LogP contribution >= 0.6 is 22.9 Å². The van der Waals surface area contributed by atoms with Crippen molar-refractivity contribution < 1.29 is 4.79 Å². The molecule has 0 spiro atoms. The molecule has 136 valence electrons. The number of likely N-dealkylation sites (N-methyl/N-ethyl adjacent to an activating group) is 1. The monoisotopic (exact) mass is 387 g/mol. The van der Waals surface area contributed by atoms with Crippen LogP contribution in [0.1, 0.15) is 28.8 Å². The lowest BCUT2D eigenvalue weighted by Crippen LogP contribution is -2.31. The van der Waals surface area contributed by atoms with Gasteiger partial charge in [-0.25, -0.2) is 4.68 Å². The number of rotatable bonds is 6. The number of amides is 1. The lowest BCUT2D eigenvalue weighted by atomic mass is 10.1. The van der Waals surface area contributed by atoms with Crippen LogP contribution in [0.3, 0.4) is 0 Å². The summed E-state index contributed by atoms with van der Waals surface area (Å²) in [4.78, 5) is 15.8. The zero-order valence-corrected chi connectivity index (χ0v) is 16.8. The second-order valence-corrected chi connectivity index (χ2v) is 7.99. The fourth-order valence-corrected chi connectivity index (χ4v) is 4.12. The molecule has 0 saturated heterocycles. The average molecular weight is 388 g/mol. The van der Waals surface area contributed by atoms with Crippen molar-refractivity contribution in [2.24, 2.45) is 0 Å². The Bertz CT molecular complexity index is 901. The Kier molecular flexibility index (Phi) is 5.79. The molecule has 0 aliphatic heterocycles. The minimum Gasteiger partial charge on any atom is -0.338 e. The molecule has 3 rings (SSSR count). The van der Waals surface area contributed by atoms with E-state index in [1.54, 1.807) is 0 Å². The molecule has 0 bridgehead atoms. The van der Waals surface area contributed by atoms with Gasteiger partial charge in [0.1, 0.15) is 0 Å². The molecule has 4 nitrogen and oxygen atoms in total. The maximum atomic E-state index is 12.9. The quantitative estimate of drug-likeness (QED) is 0.609. The molecule has 1 aromatic carbocycles. The molecule has 0 atom stereocenters. The van der Waals surface area contributed by atoms with Crippen LogP contribution < -0.4 is 0 Å². The molecule has 2 heterocycles. The van der Waals surface area contributed by atoms with Gasteiger partial charge in [-0.1, -0.05) is 29.8 Å². The van der Waals surface area contributed by atoms with Crippen molar-refractivity contribution in [2.75, 3.05) is 6.54 Å². The molecule has 0 aliphatic carbocycles. The van der Waals surface area contributed by atoms with Gasteiger partial charge in [-0.15, -0.1) is 11.3 Å². The van der Waals surface area contributed by atoms with E-state index >= 15 is 0 Å². The SMILES string of the molecule is CCN(Cc1ccc(Cl)s1)C(=O)Cc1c(C)nn(-c2ccccc2)c1C. The van der Waals surface area contributed by atoms with E-state index in [-0.39, 0.29) is 5.91 Å². The van der Waals surface area contributed by atoms with Crippen LogP contribution in [-0.4, -0.2) is 27.1 Å². The zero-order chi connectivity index (χ0) is 18.7. The molecule has 0 aliphatic rings. The number of aromatic nitrogens is 2. The number of hydrogen-bond acceptors (Lipinski definition) is 3. The van der Waals surface area contributed by atoms with Crippen LogP contribution in [0.25, 0.3) is 5.69 Å². The summed E-state index contributed by atoms with van der Waals surface area (Å²) in [7, 11) is 0. The molecule has 26 heavy (non-hydrogen) atoms. The minimum absolute atomic E-state index is 0.107. The van der Waals surface area contributed by atoms with Gasteiger partial charge in [0.25, 0.3) is 0 Å². The van der Waals surface area contributed by atoms with Crippen LogP contribution in [0.2, 0.25) is 4.34 Å². The van der Waals surface area contributed by atoms with Crippen molar-refractivity contribution in [3.05, 3.63) is 68.6 Å². The number of benzene rings is 1.